The summed E-state index contributed by atoms with van der Waals surface area (Å²) in [6.07, 6.45) is -2.76. The number of likely N-dealkylation sites (tertiary alicyclic amines) is 1. The fraction of sp³-hybridized carbons (Fsp3) is 0.375. The van der Waals surface area contributed by atoms with Gasteiger partial charge in [-0.25, -0.2) is 0 Å². The third-order valence-electron chi connectivity index (χ3n) is 6.89. The number of hydrogen-bond donors (Lipinski definition) is 1. The molecule has 1 saturated heterocycles. The van der Waals surface area contributed by atoms with E-state index in [0.717, 1.165) is 25.3 Å². The molecule has 1 unspecified atom stereocenters. The molecule has 4 rings (SSSR count). The molecule has 3 aromatic rings. The summed E-state index contributed by atoms with van der Waals surface area (Å²) >= 11 is 0. The number of halogens is 6. The maximum atomic E-state index is 14.0. The van der Waals surface area contributed by atoms with Gasteiger partial charge in [0, 0.05) is 0 Å². The molecule has 0 saturated carbocycles. The minimum atomic E-state index is -4.76. The van der Waals surface area contributed by atoms with E-state index in [-0.39, 0.29) is 35.9 Å². The van der Waals surface area contributed by atoms with Gasteiger partial charge in [-0.2, -0.15) is 13.2 Å². The number of aromatic nitrogens is 1. The van der Waals surface area contributed by atoms with Crippen LogP contribution >= 0.6 is 0 Å². The number of ether oxygens (including phenoxy) is 2. The average Bonchev–Trinajstić information content (AvgIpc) is 3.68. The third-order valence-corrected chi connectivity index (χ3v) is 6.89. The number of oxazole rings is 1. The molecule has 1 aliphatic rings. The van der Waals surface area contributed by atoms with E-state index in [1.54, 1.807) is 37.8 Å². The Bertz CT molecular complexity index is 1670. The zero-order chi connectivity index (χ0) is 35.1. The number of alkyl carbamates (subject to hydrolysis) is 1. The number of alkyl halides is 6. The molecule has 1 aliphatic heterocycles. The predicted molar refractivity (Wildman–Crippen MR) is 163 cm³/mol. The summed E-state index contributed by atoms with van der Waals surface area (Å²) in [7, 11) is 1.05. The molecule has 2 aromatic carbocycles. The van der Waals surface area contributed by atoms with Crippen LogP contribution in [-0.2, 0) is 21.7 Å². The second-order valence-electron chi connectivity index (χ2n) is 11.6. The first kappa shape index (κ1) is 35.9. The molecule has 0 spiro atoms. The second kappa shape index (κ2) is 14.9. The predicted octanol–water partition coefficient (Wildman–Crippen LogP) is 7.73. The van der Waals surface area contributed by atoms with Crippen molar-refractivity contribution < 1.29 is 49.7 Å². The van der Waals surface area contributed by atoms with Crippen molar-refractivity contribution in [3.05, 3.63) is 77.4 Å². The first-order valence-electron chi connectivity index (χ1n) is 14.7. The maximum absolute atomic E-state index is 14.0. The van der Waals surface area contributed by atoms with Gasteiger partial charge in [0.1, 0.15) is 0 Å². The number of nitriles is 1. The van der Waals surface area contributed by atoms with Crippen molar-refractivity contribution in [1.82, 2.24) is 15.2 Å². The quantitative estimate of drug-likeness (QED) is 0.101. The number of amides is 1. The number of carbonyl (C=O) groups excluding carboxylic acids is 1. The van der Waals surface area contributed by atoms with Crippen LogP contribution < -0.4 is 10.1 Å². The zero-order valence-electron chi connectivity index (χ0n) is 26.1. The van der Waals surface area contributed by atoms with Crippen LogP contribution in [0.5, 0.6) is 5.75 Å². The van der Waals surface area contributed by atoms with E-state index in [0.29, 0.717) is 24.9 Å². The van der Waals surface area contributed by atoms with Crippen LogP contribution in [-0.4, -0.2) is 47.6 Å². The first-order valence-corrected chi connectivity index (χ1v) is 14.7. The summed E-state index contributed by atoms with van der Waals surface area (Å²) in [5, 5.41) is 11.5. The van der Waals surface area contributed by atoms with Crippen LogP contribution in [0.25, 0.3) is 17.3 Å². The molecule has 16 heteroatoms. The molecule has 254 valence electrons. The van der Waals surface area contributed by atoms with Crippen molar-refractivity contribution in [2.75, 3.05) is 13.2 Å². The summed E-state index contributed by atoms with van der Waals surface area (Å²) in [6.45, 7) is 5.36. The number of benzene rings is 2. The monoisotopic (exact) mass is 676 g/mol. The van der Waals surface area contributed by atoms with E-state index < -0.39 is 47.0 Å². The van der Waals surface area contributed by atoms with Crippen molar-refractivity contribution in [3.63, 3.8) is 0 Å². The molecule has 1 fully saturated rings. The van der Waals surface area contributed by atoms with Crippen LogP contribution in [0.4, 0.5) is 31.1 Å². The second-order valence-corrected chi connectivity index (χ2v) is 11.6. The Kier molecular flexibility index (Phi) is 11.1. The van der Waals surface area contributed by atoms with Gasteiger partial charge in [0.2, 0.25) is 0 Å². The summed E-state index contributed by atoms with van der Waals surface area (Å²) in [6, 6.07) is 7.42. The molecular weight excluding hydrogens is 645 g/mol. The topological polar surface area (TPSA) is 110 Å². The normalized spacial score (nSPS) is 15.6. The molecular formula is C32H31BF6N4O5. The number of carbonyl (C=O) groups is 1. The Balaban J connectivity index is 1.46. The van der Waals surface area contributed by atoms with Gasteiger partial charge in [-0.3, -0.25) is 0 Å². The molecule has 0 aliphatic carbocycles. The Morgan fingerprint density at radius 1 is 1.12 bits per heavy atom. The standard InChI is InChI=1S/C32H31BF6N4O5/c1-30(2,3)48-29(44)42-28(33-47-19-40)43-15-6-8-25(43)27-41-24(18-46-27)21-11-14-26(23(17-21)32(37,38)39)45-16-5-4-7-20-9-12-22(13-10-20)31(34,35)36/h4,7,9-14,17-18,25H,5-6,8,15-16H2,1-3H3,(H,42,44)/b7-4+. The molecule has 48 heavy (non-hydrogen) atoms. The van der Waals surface area contributed by atoms with Crippen LogP contribution in [0.1, 0.15) is 68.7 Å². The van der Waals surface area contributed by atoms with Crippen molar-refractivity contribution >= 4 is 25.0 Å². The molecule has 1 amide bonds. The van der Waals surface area contributed by atoms with Crippen molar-refractivity contribution in [3.8, 4) is 23.3 Å². The van der Waals surface area contributed by atoms with E-state index in [9.17, 15) is 31.1 Å². The number of nitrogens with zero attached hydrogens (tertiary/aromatic N) is 3. The molecule has 1 atom stereocenters. The van der Waals surface area contributed by atoms with Crippen LogP contribution in [0.3, 0.4) is 0 Å². The van der Waals surface area contributed by atoms with Gasteiger partial charge in [-0.05, 0) is 24.1 Å². The molecule has 0 bridgehead atoms. The summed E-state index contributed by atoms with van der Waals surface area (Å²) in [4.78, 5) is 18.6. The van der Waals surface area contributed by atoms with Gasteiger partial charge >= 0.3 is 206 Å². The minimum absolute atomic E-state index is 0.114. The molecule has 1 N–H and O–H groups in total. The van der Waals surface area contributed by atoms with Crippen molar-refractivity contribution in [2.24, 2.45) is 0 Å². The van der Waals surface area contributed by atoms with Gasteiger partial charge in [0.15, 0.2) is 0 Å². The van der Waals surface area contributed by atoms with E-state index in [2.05, 4.69) is 10.3 Å². The SMILES string of the molecule is CC(C)(C)OC(=O)NC(=BOC#N)N1CCCC1c1nc(-c2ccc(OCC/C=C/c3ccc(C(F)(F)F)cc3)c(C(F)(F)F)c2)co1. The summed E-state index contributed by atoms with van der Waals surface area (Å²) in [5.74, 6) is -0.231. The first-order chi connectivity index (χ1) is 22.5. The van der Waals surface area contributed by atoms with E-state index in [1.807, 2.05) is 0 Å². The van der Waals surface area contributed by atoms with E-state index in [4.69, 9.17) is 23.8 Å². The van der Waals surface area contributed by atoms with Gasteiger partial charge in [-0.1, -0.05) is 24.3 Å². The molecule has 9 nitrogen and oxygen atoms in total. The zero-order valence-corrected chi connectivity index (χ0v) is 26.1. The van der Waals surface area contributed by atoms with Crippen LogP contribution in [0.15, 0.2) is 59.2 Å². The Labute approximate surface area is 273 Å². The van der Waals surface area contributed by atoms with Crippen molar-refractivity contribution in [1.29, 1.82) is 5.26 Å². The van der Waals surface area contributed by atoms with E-state index in [1.165, 1.54) is 36.8 Å². The van der Waals surface area contributed by atoms with Gasteiger partial charge in [0.25, 0.3) is 0 Å². The Hall–Kier alpha value is -4.94. The number of rotatable bonds is 10. The van der Waals surface area contributed by atoms with Crippen LogP contribution in [0, 0.1) is 11.5 Å². The molecule has 1 aromatic heterocycles. The summed E-state index contributed by atoms with van der Waals surface area (Å²) in [5.41, 5.74) is -1.74. The fourth-order valence-electron chi connectivity index (χ4n) is 4.82. The molecule has 2 heterocycles. The Morgan fingerprint density at radius 2 is 1.85 bits per heavy atom. The van der Waals surface area contributed by atoms with Gasteiger partial charge in [0.05, 0.1) is 5.56 Å². The van der Waals surface area contributed by atoms with E-state index >= 15 is 0 Å². The number of hydrogen-bond acceptors (Lipinski definition) is 8. The fourth-order valence-corrected chi connectivity index (χ4v) is 4.82. The number of nitrogens with one attached hydrogen (secondary N) is 1. The van der Waals surface area contributed by atoms with Crippen LogP contribution in [0.2, 0.25) is 0 Å². The van der Waals surface area contributed by atoms with Crippen molar-refractivity contribution in [2.45, 2.75) is 64.0 Å². The van der Waals surface area contributed by atoms with Gasteiger partial charge in [-0.15, -0.1) is 0 Å². The van der Waals surface area contributed by atoms with Gasteiger partial charge < -0.3 is 0 Å². The molecule has 0 radical (unpaired) electrons. The summed E-state index contributed by atoms with van der Waals surface area (Å²) < 4.78 is 101. The Morgan fingerprint density at radius 3 is 2.50 bits per heavy atom. The third kappa shape index (κ3) is 9.79. The average molecular weight is 676 g/mol.